The summed E-state index contributed by atoms with van der Waals surface area (Å²) in [5.74, 6) is 0. The van der Waals surface area contributed by atoms with E-state index in [9.17, 15) is 8.78 Å². The highest BCUT2D eigenvalue weighted by molar-refractivity contribution is 9.10. The first-order valence-electron chi connectivity index (χ1n) is 3.61. The van der Waals surface area contributed by atoms with Crippen LogP contribution in [0.25, 0.3) is 0 Å². The van der Waals surface area contributed by atoms with Gasteiger partial charge in [0.05, 0.1) is 6.61 Å². The molecule has 0 saturated carbocycles. The van der Waals surface area contributed by atoms with E-state index in [1.54, 1.807) is 13.0 Å². The Morgan fingerprint density at radius 3 is 2.69 bits per heavy atom. The Balaban J connectivity index is 3.29. The van der Waals surface area contributed by atoms with Crippen molar-refractivity contribution in [3.05, 3.63) is 27.5 Å². The van der Waals surface area contributed by atoms with E-state index in [1.165, 1.54) is 0 Å². The number of aliphatic hydroxyl groups excluding tert-OH is 1. The largest absolute Gasteiger partial charge is 0.392 e. The lowest BCUT2D eigenvalue weighted by Crippen LogP contribution is -2.01. The van der Waals surface area contributed by atoms with Crippen molar-refractivity contribution in [1.29, 1.82) is 0 Å². The molecule has 1 aromatic rings. The van der Waals surface area contributed by atoms with Gasteiger partial charge in [0, 0.05) is 5.56 Å². The van der Waals surface area contributed by atoms with Crippen LogP contribution in [0.1, 0.15) is 23.2 Å². The van der Waals surface area contributed by atoms with E-state index in [1.807, 2.05) is 0 Å². The molecule has 0 aliphatic heterocycles. The molecule has 0 saturated heterocycles. The zero-order valence-electron chi connectivity index (χ0n) is 6.89. The average Bonchev–Trinajstić information content (AvgIpc) is 2.02. The van der Waals surface area contributed by atoms with Crippen molar-refractivity contribution in [3.8, 4) is 0 Å². The third-order valence-corrected chi connectivity index (χ3v) is 2.12. The number of alkyl halides is 2. The van der Waals surface area contributed by atoms with Gasteiger partial charge in [-0.05, 0) is 34.5 Å². The van der Waals surface area contributed by atoms with Crippen molar-refractivity contribution in [2.75, 3.05) is 0 Å². The molecule has 1 N–H and O–H groups in total. The van der Waals surface area contributed by atoms with Crippen LogP contribution in [0, 0.1) is 6.92 Å². The fourth-order valence-electron chi connectivity index (χ4n) is 1.07. The highest BCUT2D eigenvalue weighted by Gasteiger charge is 2.16. The minimum atomic E-state index is -2.65. The molecule has 0 aliphatic rings. The van der Waals surface area contributed by atoms with Gasteiger partial charge < -0.3 is 5.11 Å². The number of nitrogens with zero attached hydrogens (tertiary/aromatic N) is 1. The number of aliphatic hydroxyl groups is 1. The lowest BCUT2D eigenvalue weighted by molar-refractivity contribution is 0.141. The molecule has 0 aromatic carbocycles. The van der Waals surface area contributed by atoms with Crippen LogP contribution in [0.15, 0.2) is 10.7 Å². The minimum absolute atomic E-state index is 0.207. The Kier molecular flexibility index (Phi) is 3.33. The van der Waals surface area contributed by atoms with Gasteiger partial charge >= 0.3 is 0 Å². The summed E-state index contributed by atoms with van der Waals surface area (Å²) < 4.78 is 25.1. The minimum Gasteiger partial charge on any atom is -0.392 e. The second kappa shape index (κ2) is 4.11. The van der Waals surface area contributed by atoms with E-state index in [0.29, 0.717) is 10.2 Å². The fourth-order valence-corrected chi connectivity index (χ4v) is 1.60. The first kappa shape index (κ1) is 10.5. The van der Waals surface area contributed by atoms with Crippen molar-refractivity contribution in [1.82, 2.24) is 4.98 Å². The van der Waals surface area contributed by atoms with Crippen LogP contribution in [0.5, 0.6) is 0 Å². The van der Waals surface area contributed by atoms with E-state index in [-0.39, 0.29) is 11.3 Å². The zero-order valence-corrected chi connectivity index (χ0v) is 8.48. The standard InChI is InChI=1S/C8H8BrF2NO/c1-4-2-6(9)12-7(8(10)11)5(4)3-13/h2,8,13H,3H2,1H3. The summed E-state index contributed by atoms with van der Waals surface area (Å²) in [6.45, 7) is 1.25. The maximum Gasteiger partial charge on any atom is 0.280 e. The van der Waals surface area contributed by atoms with Crippen LogP contribution < -0.4 is 0 Å². The summed E-state index contributed by atoms with van der Waals surface area (Å²) in [5.41, 5.74) is 0.465. The number of hydrogen-bond donors (Lipinski definition) is 1. The van der Waals surface area contributed by atoms with Crippen LogP contribution in [-0.4, -0.2) is 10.1 Å². The van der Waals surface area contributed by atoms with Gasteiger partial charge in [-0.1, -0.05) is 0 Å². The quantitative estimate of drug-likeness (QED) is 0.820. The molecular weight excluding hydrogens is 244 g/mol. The van der Waals surface area contributed by atoms with Crippen LogP contribution >= 0.6 is 15.9 Å². The number of aryl methyl sites for hydroxylation is 1. The Labute approximate surface area is 82.7 Å². The van der Waals surface area contributed by atoms with Crippen molar-refractivity contribution in [3.63, 3.8) is 0 Å². The van der Waals surface area contributed by atoms with Gasteiger partial charge in [-0.25, -0.2) is 13.8 Å². The summed E-state index contributed by atoms with van der Waals surface area (Å²) in [6.07, 6.45) is -2.65. The molecule has 13 heavy (non-hydrogen) atoms. The lowest BCUT2D eigenvalue weighted by atomic mass is 10.1. The second-order valence-corrected chi connectivity index (χ2v) is 3.40. The highest BCUT2D eigenvalue weighted by Crippen LogP contribution is 2.25. The molecule has 2 nitrogen and oxygen atoms in total. The van der Waals surface area contributed by atoms with E-state index in [4.69, 9.17) is 5.11 Å². The number of halogens is 3. The van der Waals surface area contributed by atoms with Crippen molar-refractivity contribution < 1.29 is 13.9 Å². The topological polar surface area (TPSA) is 33.1 Å². The number of rotatable bonds is 2. The molecule has 1 rings (SSSR count). The molecule has 0 spiro atoms. The number of hydrogen-bond acceptors (Lipinski definition) is 2. The summed E-state index contributed by atoms with van der Waals surface area (Å²) in [5, 5.41) is 8.85. The summed E-state index contributed by atoms with van der Waals surface area (Å²) in [7, 11) is 0. The average molecular weight is 252 g/mol. The van der Waals surface area contributed by atoms with Gasteiger partial charge in [0.15, 0.2) is 0 Å². The van der Waals surface area contributed by atoms with E-state index >= 15 is 0 Å². The van der Waals surface area contributed by atoms with E-state index in [2.05, 4.69) is 20.9 Å². The first-order chi connectivity index (χ1) is 6.06. The SMILES string of the molecule is Cc1cc(Br)nc(C(F)F)c1CO. The fraction of sp³-hybridized carbons (Fsp3) is 0.375. The highest BCUT2D eigenvalue weighted by atomic mass is 79.9. The molecule has 5 heteroatoms. The molecule has 0 aliphatic carbocycles. The Morgan fingerprint density at radius 2 is 2.23 bits per heavy atom. The molecule has 1 aromatic heterocycles. The number of pyridine rings is 1. The third-order valence-electron chi connectivity index (χ3n) is 1.71. The normalized spacial score (nSPS) is 10.9. The molecule has 0 bridgehead atoms. The first-order valence-corrected chi connectivity index (χ1v) is 4.40. The molecule has 0 fully saturated rings. The molecule has 0 unspecified atom stereocenters. The molecule has 0 atom stereocenters. The van der Waals surface area contributed by atoms with Crippen molar-refractivity contribution in [2.24, 2.45) is 0 Å². The van der Waals surface area contributed by atoms with Gasteiger partial charge in [0.2, 0.25) is 0 Å². The molecular formula is C8H8BrF2NO. The summed E-state index contributed by atoms with van der Waals surface area (Å²) >= 11 is 3.02. The van der Waals surface area contributed by atoms with Gasteiger partial charge in [-0.3, -0.25) is 0 Å². The summed E-state index contributed by atoms with van der Waals surface area (Å²) in [6, 6.07) is 1.59. The molecule has 1 heterocycles. The lowest BCUT2D eigenvalue weighted by Gasteiger charge is -2.08. The van der Waals surface area contributed by atoms with E-state index in [0.717, 1.165) is 0 Å². The van der Waals surface area contributed by atoms with Gasteiger partial charge in [-0.15, -0.1) is 0 Å². The van der Waals surface area contributed by atoms with Gasteiger partial charge in [0.1, 0.15) is 10.3 Å². The van der Waals surface area contributed by atoms with E-state index < -0.39 is 13.0 Å². The smallest absolute Gasteiger partial charge is 0.280 e. The zero-order chi connectivity index (χ0) is 10.0. The van der Waals surface area contributed by atoms with Gasteiger partial charge in [0.25, 0.3) is 6.43 Å². The summed E-state index contributed by atoms with van der Waals surface area (Å²) in [4.78, 5) is 3.61. The maximum absolute atomic E-state index is 12.4. The van der Waals surface area contributed by atoms with Crippen LogP contribution in [0.3, 0.4) is 0 Å². The van der Waals surface area contributed by atoms with Crippen LogP contribution in [-0.2, 0) is 6.61 Å². The predicted octanol–water partition coefficient (Wildman–Crippen LogP) is 2.58. The third kappa shape index (κ3) is 2.22. The Bertz CT molecular complexity index is 317. The molecule has 72 valence electrons. The van der Waals surface area contributed by atoms with Crippen LogP contribution in [0.2, 0.25) is 0 Å². The Morgan fingerprint density at radius 1 is 1.62 bits per heavy atom. The second-order valence-electron chi connectivity index (χ2n) is 2.58. The van der Waals surface area contributed by atoms with Crippen molar-refractivity contribution in [2.45, 2.75) is 20.0 Å². The Hall–Kier alpha value is -0.550. The van der Waals surface area contributed by atoms with Crippen LogP contribution in [0.4, 0.5) is 8.78 Å². The number of aromatic nitrogens is 1. The maximum atomic E-state index is 12.4. The monoisotopic (exact) mass is 251 g/mol. The van der Waals surface area contributed by atoms with Crippen molar-refractivity contribution >= 4 is 15.9 Å². The molecule has 0 radical (unpaired) electrons. The molecule has 0 amide bonds. The predicted molar refractivity (Wildman–Crippen MR) is 47.6 cm³/mol. The van der Waals surface area contributed by atoms with Gasteiger partial charge in [-0.2, -0.15) is 0 Å².